The van der Waals surface area contributed by atoms with Gasteiger partial charge in [-0.25, -0.2) is 0 Å². The lowest BCUT2D eigenvalue weighted by atomic mass is 9.98. The van der Waals surface area contributed by atoms with Gasteiger partial charge in [0.1, 0.15) is 5.60 Å². The molecule has 0 unspecified atom stereocenters. The summed E-state index contributed by atoms with van der Waals surface area (Å²) in [5.41, 5.74) is -0.0604. The minimum atomic E-state index is -0.702. The van der Waals surface area contributed by atoms with Gasteiger partial charge in [-0.3, -0.25) is 4.79 Å². The van der Waals surface area contributed by atoms with E-state index in [-0.39, 0.29) is 11.0 Å². The highest BCUT2D eigenvalue weighted by atomic mass is 16.5. The minimum Gasteiger partial charge on any atom is -0.481 e. The first-order valence-corrected chi connectivity index (χ1v) is 5.87. The molecule has 1 spiro atoms. The van der Waals surface area contributed by atoms with E-state index in [1.165, 1.54) is 0 Å². The summed E-state index contributed by atoms with van der Waals surface area (Å²) >= 11 is 0. The summed E-state index contributed by atoms with van der Waals surface area (Å²) in [6.45, 7) is 1.83. The predicted octanol–water partition coefficient (Wildman–Crippen LogP) is 2.41. The first-order chi connectivity index (χ1) is 8.02. The van der Waals surface area contributed by atoms with Crippen LogP contribution in [0.25, 0.3) is 0 Å². The van der Waals surface area contributed by atoms with Gasteiger partial charge in [-0.15, -0.1) is 0 Å². The highest BCUT2D eigenvalue weighted by molar-refractivity contribution is 5.82. The molecule has 90 valence electrons. The molecule has 3 atom stereocenters. The maximum absolute atomic E-state index is 11.3. The van der Waals surface area contributed by atoms with E-state index in [9.17, 15) is 9.90 Å². The minimum absolute atomic E-state index is 0.179. The highest BCUT2D eigenvalue weighted by Gasteiger charge is 2.89. The van der Waals surface area contributed by atoms with E-state index >= 15 is 0 Å². The van der Waals surface area contributed by atoms with Crippen molar-refractivity contribution in [1.82, 2.24) is 0 Å². The van der Waals surface area contributed by atoms with Crippen molar-refractivity contribution in [2.75, 3.05) is 7.11 Å². The van der Waals surface area contributed by atoms with Gasteiger partial charge < -0.3 is 9.84 Å². The fraction of sp³-hybridized carbons (Fsp3) is 0.500. The van der Waals surface area contributed by atoms with Gasteiger partial charge >= 0.3 is 5.97 Å². The van der Waals surface area contributed by atoms with Crippen LogP contribution in [0.4, 0.5) is 0 Å². The van der Waals surface area contributed by atoms with Crippen molar-refractivity contribution in [3.63, 3.8) is 0 Å². The fourth-order valence-corrected chi connectivity index (χ4v) is 3.54. The zero-order chi connectivity index (χ0) is 12.3. The SMILES string of the molecule is CO[C@@]1(c2ccccc2)C[C@]12C[C@@]2(C)C(=O)O. The van der Waals surface area contributed by atoms with Crippen LogP contribution in [-0.4, -0.2) is 18.2 Å². The standard InChI is InChI=1S/C14H16O3/c1-12(11(15)16)8-13(12)9-14(13,17-2)10-6-4-3-5-7-10/h3-7H,8-9H2,1-2H3,(H,15,16)/t12-,13-,14+/m0/s1. The molecule has 1 N–H and O–H groups in total. The molecular formula is C14H16O3. The molecule has 0 saturated heterocycles. The predicted molar refractivity (Wildman–Crippen MR) is 62.5 cm³/mol. The Kier molecular flexibility index (Phi) is 1.84. The smallest absolute Gasteiger partial charge is 0.310 e. The zero-order valence-electron chi connectivity index (χ0n) is 10.1. The third-order valence-electron chi connectivity index (χ3n) is 4.85. The van der Waals surface area contributed by atoms with E-state index in [2.05, 4.69) is 0 Å². The number of aliphatic carboxylic acids is 1. The first-order valence-electron chi connectivity index (χ1n) is 5.87. The molecule has 17 heavy (non-hydrogen) atoms. The van der Waals surface area contributed by atoms with E-state index in [0.29, 0.717) is 0 Å². The van der Waals surface area contributed by atoms with Crippen LogP contribution in [0.5, 0.6) is 0 Å². The third-order valence-corrected chi connectivity index (χ3v) is 4.85. The Morgan fingerprint density at radius 1 is 1.29 bits per heavy atom. The van der Waals surface area contributed by atoms with Gasteiger partial charge in [0.25, 0.3) is 0 Å². The van der Waals surface area contributed by atoms with Gasteiger partial charge in [0, 0.05) is 12.5 Å². The number of carboxylic acids is 1. The Balaban J connectivity index is 1.99. The van der Waals surface area contributed by atoms with Crippen LogP contribution in [0.3, 0.4) is 0 Å². The zero-order valence-corrected chi connectivity index (χ0v) is 10.1. The summed E-state index contributed by atoms with van der Waals surface area (Å²) in [4.78, 5) is 11.3. The van der Waals surface area contributed by atoms with Gasteiger partial charge in [0.05, 0.1) is 5.41 Å². The lowest BCUT2D eigenvalue weighted by Gasteiger charge is -2.17. The molecule has 0 aliphatic heterocycles. The van der Waals surface area contributed by atoms with Crippen LogP contribution in [0.15, 0.2) is 30.3 Å². The van der Waals surface area contributed by atoms with Crippen LogP contribution >= 0.6 is 0 Å². The Morgan fingerprint density at radius 3 is 2.41 bits per heavy atom. The molecule has 2 aliphatic rings. The molecule has 2 saturated carbocycles. The lowest BCUT2D eigenvalue weighted by Crippen LogP contribution is -2.21. The van der Waals surface area contributed by atoms with Crippen molar-refractivity contribution < 1.29 is 14.6 Å². The average Bonchev–Trinajstić information content (AvgIpc) is 3.18. The van der Waals surface area contributed by atoms with E-state index in [1.54, 1.807) is 7.11 Å². The van der Waals surface area contributed by atoms with Crippen LogP contribution in [-0.2, 0) is 15.1 Å². The van der Waals surface area contributed by atoms with Gasteiger partial charge in [-0.2, -0.15) is 0 Å². The average molecular weight is 232 g/mol. The molecular weight excluding hydrogens is 216 g/mol. The molecule has 2 fully saturated rings. The second-order valence-electron chi connectivity index (χ2n) is 5.47. The normalized spacial score (nSPS) is 42.5. The summed E-state index contributed by atoms with van der Waals surface area (Å²) in [6, 6.07) is 9.97. The van der Waals surface area contributed by atoms with Crippen LogP contribution in [0.2, 0.25) is 0 Å². The number of benzene rings is 1. The summed E-state index contributed by atoms with van der Waals surface area (Å²) in [5.74, 6) is -0.702. The first kappa shape index (κ1) is 10.8. The Bertz CT molecular complexity index is 484. The van der Waals surface area contributed by atoms with Gasteiger partial charge in [-0.1, -0.05) is 30.3 Å². The van der Waals surface area contributed by atoms with E-state index in [0.717, 1.165) is 18.4 Å². The topological polar surface area (TPSA) is 46.5 Å². The number of hydrogen-bond donors (Lipinski definition) is 1. The molecule has 2 aliphatic carbocycles. The van der Waals surface area contributed by atoms with Gasteiger partial charge in [0.15, 0.2) is 0 Å². The quantitative estimate of drug-likeness (QED) is 0.870. The summed E-state index contributed by atoms with van der Waals surface area (Å²) in [5, 5.41) is 9.31. The van der Waals surface area contributed by atoms with Crippen molar-refractivity contribution in [1.29, 1.82) is 0 Å². The second kappa shape index (κ2) is 2.91. The van der Waals surface area contributed by atoms with Gasteiger partial charge in [-0.05, 0) is 25.3 Å². The van der Waals surface area contributed by atoms with E-state index < -0.39 is 11.4 Å². The molecule has 0 aromatic heterocycles. The number of ether oxygens (including phenoxy) is 1. The number of carboxylic acid groups (broad SMARTS) is 1. The maximum Gasteiger partial charge on any atom is 0.310 e. The number of hydrogen-bond acceptors (Lipinski definition) is 2. The van der Waals surface area contributed by atoms with Crippen LogP contribution in [0, 0.1) is 10.8 Å². The monoisotopic (exact) mass is 232 g/mol. The van der Waals surface area contributed by atoms with Crippen molar-refractivity contribution >= 4 is 5.97 Å². The van der Waals surface area contributed by atoms with E-state index in [4.69, 9.17) is 4.74 Å². The molecule has 3 nitrogen and oxygen atoms in total. The molecule has 3 heteroatoms. The van der Waals surface area contributed by atoms with Gasteiger partial charge in [0.2, 0.25) is 0 Å². The summed E-state index contributed by atoms with van der Waals surface area (Å²) in [7, 11) is 1.68. The van der Waals surface area contributed by atoms with Crippen molar-refractivity contribution in [3.05, 3.63) is 35.9 Å². The molecule has 3 rings (SSSR count). The third kappa shape index (κ3) is 1.03. The van der Waals surface area contributed by atoms with Crippen LogP contribution in [0.1, 0.15) is 25.3 Å². The van der Waals surface area contributed by atoms with Crippen molar-refractivity contribution in [2.24, 2.45) is 10.8 Å². The molecule has 0 radical (unpaired) electrons. The summed E-state index contributed by atoms with van der Waals surface area (Å²) < 4.78 is 5.69. The largest absolute Gasteiger partial charge is 0.481 e. The fourth-order valence-electron chi connectivity index (χ4n) is 3.54. The molecule has 0 amide bonds. The summed E-state index contributed by atoms with van der Waals surface area (Å²) in [6.07, 6.45) is 1.54. The Morgan fingerprint density at radius 2 is 1.94 bits per heavy atom. The lowest BCUT2D eigenvalue weighted by molar-refractivity contribution is -0.144. The number of methoxy groups -OCH3 is 1. The maximum atomic E-state index is 11.3. The van der Waals surface area contributed by atoms with Crippen molar-refractivity contribution in [2.45, 2.75) is 25.4 Å². The Hall–Kier alpha value is -1.35. The highest BCUT2D eigenvalue weighted by Crippen LogP contribution is 2.87. The van der Waals surface area contributed by atoms with Crippen LogP contribution < -0.4 is 0 Å². The second-order valence-corrected chi connectivity index (χ2v) is 5.47. The van der Waals surface area contributed by atoms with Crippen molar-refractivity contribution in [3.8, 4) is 0 Å². The molecule has 0 bridgehead atoms. The number of carbonyl (C=O) groups is 1. The Labute approximate surface area is 100 Å². The number of rotatable bonds is 3. The molecule has 1 aromatic carbocycles. The van der Waals surface area contributed by atoms with E-state index in [1.807, 2.05) is 37.3 Å². The molecule has 0 heterocycles. The molecule has 1 aromatic rings.